The molecule has 0 spiro atoms. The number of nitrogens with zero attached hydrogens (tertiary/aromatic N) is 1. The predicted molar refractivity (Wildman–Crippen MR) is 64.9 cm³/mol. The summed E-state index contributed by atoms with van der Waals surface area (Å²) in [6.07, 6.45) is 0. The molecule has 6 heteroatoms. The van der Waals surface area contributed by atoms with Gasteiger partial charge in [-0.25, -0.2) is 0 Å². The highest BCUT2D eigenvalue weighted by atomic mass is 35.5. The molecule has 1 rings (SSSR count). The fourth-order valence-electron chi connectivity index (χ4n) is 1.18. The zero-order valence-electron chi connectivity index (χ0n) is 9.16. The molecule has 3 N–H and O–H groups in total. The molecule has 0 aliphatic heterocycles. The van der Waals surface area contributed by atoms with E-state index >= 15 is 0 Å². The van der Waals surface area contributed by atoms with Gasteiger partial charge in [-0.2, -0.15) is 0 Å². The molecule has 0 aliphatic rings. The summed E-state index contributed by atoms with van der Waals surface area (Å²) < 4.78 is 0. The number of nitro benzene ring substituents is 1. The second kappa shape index (κ2) is 4.67. The summed E-state index contributed by atoms with van der Waals surface area (Å²) in [5.74, 6) is 0. The second-order valence-corrected chi connectivity index (χ2v) is 4.57. The molecular formula is C10H14ClN3O2. The molecule has 1 aromatic rings. The van der Waals surface area contributed by atoms with Crippen molar-refractivity contribution in [2.24, 2.45) is 5.73 Å². The van der Waals surface area contributed by atoms with Crippen LogP contribution in [0.4, 0.5) is 11.4 Å². The number of hydrogen-bond acceptors (Lipinski definition) is 4. The van der Waals surface area contributed by atoms with E-state index in [2.05, 4.69) is 5.32 Å². The van der Waals surface area contributed by atoms with Crippen molar-refractivity contribution in [2.45, 2.75) is 19.4 Å². The Bertz CT molecular complexity index is 407. The van der Waals surface area contributed by atoms with Crippen LogP contribution in [0.3, 0.4) is 0 Å². The SMILES string of the molecule is CC(C)(CN)Nc1cc(Cl)ccc1[N+](=O)[O-]. The van der Waals surface area contributed by atoms with Gasteiger partial charge in [-0.05, 0) is 26.0 Å². The minimum atomic E-state index is -0.453. The van der Waals surface area contributed by atoms with E-state index in [0.29, 0.717) is 17.3 Å². The van der Waals surface area contributed by atoms with E-state index in [1.54, 1.807) is 0 Å². The van der Waals surface area contributed by atoms with Crippen molar-refractivity contribution in [1.29, 1.82) is 0 Å². The van der Waals surface area contributed by atoms with Crippen molar-refractivity contribution in [3.05, 3.63) is 33.3 Å². The first-order valence-electron chi connectivity index (χ1n) is 4.78. The molecule has 0 radical (unpaired) electrons. The summed E-state index contributed by atoms with van der Waals surface area (Å²) in [6, 6.07) is 4.38. The number of rotatable bonds is 4. The topological polar surface area (TPSA) is 81.2 Å². The maximum absolute atomic E-state index is 10.8. The third-order valence-corrected chi connectivity index (χ3v) is 2.37. The Hall–Kier alpha value is -1.33. The van der Waals surface area contributed by atoms with Crippen LogP contribution in [0.5, 0.6) is 0 Å². The number of nitrogens with two attached hydrogens (primary N) is 1. The average molecular weight is 244 g/mol. The Kier molecular flexibility index (Phi) is 3.72. The molecule has 0 saturated heterocycles. The number of benzene rings is 1. The second-order valence-electron chi connectivity index (χ2n) is 4.13. The van der Waals surface area contributed by atoms with Gasteiger partial charge in [0.15, 0.2) is 0 Å². The summed E-state index contributed by atoms with van der Waals surface area (Å²) in [5.41, 5.74) is 5.51. The van der Waals surface area contributed by atoms with E-state index in [1.165, 1.54) is 18.2 Å². The average Bonchev–Trinajstić information content (AvgIpc) is 2.16. The van der Waals surface area contributed by atoms with Crippen molar-refractivity contribution in [1.82, 2.24) is 0 Å². The van der Waals surface area contributed by atoms with Gasteiger partial charge >= 0.3 is 0 Å². The Morgan fingerprint density at radius 1 is 1.56 bits per heavy atom. The minimum absolute atomic E-state index is 0.00840. The number of nitro groups is 1. The molecule has 0 saturated carbocycles. The van der Waals surface area contributed by atoms with Crippen molar-refractivity contribution in [3.8, 4) is 0 Å². The number of halogens is 1. The summed E-state index contributed by atoms with van der Waals surface area (Å²) in [7, 11) is 0. The highest BCUT2D eigenvalue weighted by Gasteiger charge is 2.21. The van der Waals surface area contributed by atoms with Gasteiger partial charge in [0.2, 0.25) is 0 Å². The molecule has 88 valence electrons. The lowest BCUT2D eigenvalue weighted by Gasteiger charge is -2.25. The zero-order valence-corrected chi connectivity index (χ0v) is 9.91. The first-order valence-corrected chi connectivity index (χ1v) is 5.16. The molecule has 0 aliphatic carbocycles. The maximum Gasteiger partial charge on any atom is 0.292 e. The van der Waals surface area contributed by atoms with Crippen LogP contribution < -0.4 is 11.1 Å². The van der Waals surface area contributed by atoms with E-state index in [1.807, 2.05) is 13.8 Å². The van der Waals surface area contributed by atoms with Crippen LogP contribution in [-0.2, 0) is 0 Å². The van der Waals surface area contributed by atoms with Crippen LogP contribution >= 0.6 is 11.6 Å². The van der Waals surface area contributed by atoms with Crippen LogP contribution in [0.2, 0.25) is 5.02 Å². The van der Waals surface area contributed by atoms with E-state index in [9.17, 15) is 10.1 Å². The van der Waals surface area contributed by atoms with Crippen LogP contribution in [0.1, 0.15) is 13.8 Å². The fraction of sp³-hybridized carbons (Fsp3) is 0.400. The largest absolute Gasteiger partial charge is 0.373 e. The Labute approximate surface area is 98.7 Å². The fourth-order valence-corrected chi connectivity index (χ4v) is 1.36. The normalized spacial score (nSPS) is 11.2. The van der Waals surface area contributed by atoms with E-state index in [0.717, 1.165) is 0 Å². The van der Waals surface area contributed by atoms with Gasteiger partial charge in [-0.1, -0.05) is 11.6 Å². The van der Waals surface area contributed by atoms with E-state index < -0.39 is 10.5 Å². The highest BCUT2D eigenvalue weighted by Crippen LogP contribution is 2.29. The van der Waals surface area contributed by atoms with Crippen LogP contribution in [0.15, 0.2) is 18.2 Å². The molecule has 0 aromatic heterocycles. The Balaban J connectivity index is 3.10. The van der Waals surface area contributed by atoms with Gasteiger partial charge in [-0.3, -0.25) is 10.1 Å². The number of anilines is 1. The third kappa shape index (κ3) is 3.08. The predicted octanol–water partition coefficient (Wildman–Crippen LogP) is 2.40. The van der Waals surface area contributed by atoms with Gasteiger partial charge in [-0.15, -0.1) is 0 Å². The van der Waals surface area contributed by atoms with Gasteiger partial charge in [0.25, 0.3) is 5.69 Å². The molecule has 0 fully saturated rings. The number of nitrogens with one attached hydrogen (secondary N) is 1. The van der Waals surface area contributed by atoms with Crippen LogP contribution in [0, 0.1) is 10.1 Å². The summed E-state index contributed by atoms with van der Waals surface area (Å²) in [5, 5.41) is 14.3. The van der Waals surface area contributed by atoms with Crippen LogP contribution in [0.25, 0.3) is 0 Å². The van der Waals surface area contributed by atoms with Crippen LogP contribution in [-0.4, -0.2) is 17.0 Å². The lowest BCUT2D eigenvalue weighted by molar-refractivity contribution is -0.384. The summed E-state index contributed by atoms with van der Waals surface area (Å²) in [6.45, 7) is 4.08. The molecule has 1 aromatic carbocycles. The van der Waals surface area contributed by atoms with Crippen molar-refractivity contribution < 1.29 is 4.92 Å². The minimum Gasteiger partial charge on any atom is -0.373 e. The molecule has 0 heterocycles. The first-order chi connectivity index (χ1) is 7.35. The third-order valence-electron chi connectivity index (χ3n) is 2.14. The zero-order chi connectivity index (χ0) is 12.3. The molecule has 0 atom stereocenters. The van der Waals surface area contributed by atoms with Crippen molar-refractivity contribution in [2.75, 3.05) is 11.9 Å². The molecule has 0 bridgehead atoms. The van der Waals surface area contributed by atoms with E-state index in [-0.39, 0.29) is 5.69 Å². The molecule has 16 heavy (non-hydrogen) atoms. The summed E-state index contributed by atoms with van der Waals surface area (Å²) >= 11 is 5.80. The monoisotopic (exact) mass is 243 g/mol. The quantitative estimate of drug-likeness (QED) is 0.629. The van der Waals surface area contributed by atoms with Crippen molar-refractivity contribution >= 4 is 23.0 Å². The summed E-state index contributed by atoms with van der Waals surface area (Å²) in [4.78, 5) is 10.3. The molecular weight excluding hydrogens is 230 g/mol. The lowest BCUT2D eigenvalue weighted by atomic mass is 10.1. The van der Waals surface area contributed by atoms with Gasteiger partial charge in [0, 0.05) is 23.2 Å². The standard InChI is InChI=1S/C10H14ClN3O2/c1-10(2,6-12)13-8-5-7(11)3-4-9(8)14(15)16/h3-5,13H,6,12H2,1-2H3. The molecule has 0 unspecified atom stereocenters. The Morgan fingerprint density at radius 2 is 2.19 bits per heavy atom. The lowest BCUT2D eigenvalue weighted by Crippen LogP contribution is -2.39. The van der Waals surface area contributed by atoms with Gasteiger partial charge < -0.3 is 11.1 Å². The van der Waals surface area contributed by atoms with E-state index in [4.69, 9.17) is 17.3 Å². The molecule has 0 amide bonds. The number of hydrogen-bond donors (Lipinski definition) is 2. The Morgan fingerprint density at radius 3 is 2.69 bits per heavy atom. The van der Waals surface area contributed by atoms with Crippen molar-refractivity contribution in [3.63, 3.8) is 0 Å². The van der Waals surface area contributed by atoms with Gasteiger partial charge in [0.1, 0.15) is 5.69 Å². The molecule has 5 nitrogen and oxygen atoms in total. The highest BCUT2D eigenvalue weighted by molar-refractivity contribution is 6.31. The maximum atomic E-state index is 10.8. The first kappa shape index (κ1) is 12.7. The smallest absolute Gasteiger partial charge is 0.292 e. The van der Waals surface area contributed by atoms with Gasteiger partial charge in [0.05, 0.1) is 4.92 Å².